The van der Waals surface area contributed by atoms with E-state index < -0.39 is 22.4 Å². The summed E-state index contributed by atoms with van der Waals surface area (Å²) >= 11 is 0. The van der Waals surface area contributed by atoms with Gasteiger partial charge in [-0.05, 0) is 30.3 Å². The van der Waals surface area contributed by atoms with E-state index in [-0.39, 0.29) is 5.69 Å². The first kappa shape index (κ1) is 16.6. The summed E-state index contributed by atoms with van der Waals surface area (Å²) in [5, 5.41) is 13.8. The van der Waals surface area contributed by atoms with E-state index >= 15 is 0 Å². The van der Waals surface area contributed by atoms with Crippen LogP contribution >= 0.6 is 0 Å². The molecule has 0 aliphatic heterocycles. The molecule has 2 aromatic rings. The van der Waals surface area contributed by atoms with Crippen LogP contribution in [-0.4, -0.2) is 19.0 Å². The van der Waals surface area contributed by atoms with Crippen molar-refractivity contribution in [2.75, 3.05) is 24.3 Å². The Morgan fingerprint density at radius 3 is 2.39 bits per heavy atom. The molecule has 0 saturated heterocycles. The van der Waals surface area contributed by atoms with Gasteiger partial charge in [0.2, 0.25) is 0 Å². The number of nitro benzene ring substituents is 1. The minimum absolute atomic E-state index is 0.00101. The lowest BCUT2D eigenvalue weighted by Gasteiger charge is -2.15. The number of rotatable bonds is 4. The average molecular weight is 325 g/mol. The lowest BCUT2D eigenvalue weighted by Crippen LogP contribution is -2.09. The van der Waals surface area contributed by atoms with Gasteiger partial charge in [-0.25, -0.2) is 0 Å². The fourth-order valence-corrected chi connectivity index (χ4v) is 1.98. The number of hydrogen-bond donors (Lipinski definition) is 1. The molecule has 0 aliphatic rings. The second-order valence-electron chi connectivity index (χ2n) is 5.06. The summed E-state index contributed by atoms with van der Waals surface area (Å²) in [4.78, 5) is 12.1. The van der Waals surface area contributed by atoms with E-state index in [1.165, 1.54) is 0 Å². The van der Waals surface area contributed by atoms with Gasteiger partial charge in [-0.2, -0.15) is 13.2 Å². The van der Waals surface area contributed by atoms with E-state index in [1.54, 1.807) is 18.2 Å². The van der Waals surface area contributed by atoms with Gasteiger partial charge in [0.05, 0.1) is 10.5 Å². The van der Waals surface area contributed by atoms with E-state index in [4.69, 9.17) is 0 Å². The Kier molecular flexibility index (Phi) is 4.44. The van der Waals surface area contributed by atoms with Crippen molar-refractivity contribution in [3.63, 3.8) is 0 Å². The number of nitrogens with one attached hydrogen (secondary N) is 1. The zero-order chi connectivity index (χ0) is 17.2. The highest BCUT2D eigenvalue weighted by molar-refractivity contribution is 5.72. The Labute approximate surface area is 130 Å². The Morgan fingerprint density at radius 1 is 1.13 bits per heavy atom. The molecule has 0 amide bonds. The fraction of sp³-hybridized carbons (Fsp3) is 0.200. The van der Waals surface area contributed by atoms with Gasteiger partial charge in [0.25, 0.3) is 5.69 Å². The van der Waals surface area contributed by atoms with Gasteiger partial charge in [0.1, 0.15) is 5.69 Å². The fourth-order valence-electron chi connectivity index (χ4n) is 1.98. The van der Waals surface area contributed by atoms with Crippen molar-refractivity contribution in [2.24, 2.45) is 0 Å². The molecule has 0 atom stereocenters. The standard InChI is InChI=1S/C15H14F3N3O2/c1-20(2)12-5-3-4-11(9-12)19-13-7-6-10(15(16,17)18)8-14(13)21(22)23/h3-9,19H,1-2H3. The van der Waals surface area contributed by atoms with Crippen LogP contribution < -0.4 is 10.2 Å². The minimum Gasteiger partial charge on any atom is -0.378 e. The Bertz CT molecular complexity index is 730. The highest BCUT2D eigenvalue weighted by Crippen LogP contribution is 2.36. The zero-order valence-electron chi connectivity index (χ0n) is 12.4. The molecular weight excluding hydrogens is 311 g/mol. The van der Waals surface area contributed by atoms with Gasteiger partial charge < -0.3 is 10.2 Å². The van der Waals surface area contributed by atoms with Crippen molar-refractivity contribution in [3.05, 3.63) is 58.1 Å². The molecule has 0 bridgehead atoms. The van der Waals surface area contributed by atoms with Gasteiger partial charge in [0.15, 0.2) is 0 Å². The van der Waals surface area contributed by atoms with Crippen molar-refractivity contribution < 1.29 is 18.1 Å². The van der Waals surface area contributed by atoms with Crippen LogP contribution in [0.3, 0.4) is 0 Å². The first-order chi connectivity index (χ1) is 10.7. The van der Waals surface area contributed by atoms with Crippen LogP contribution in [0.25, 0.3) is 0 Å². The van der Waals surface area contributed by atoms with Crippen molar-refractivity contribution in [1.29, 1.82) is 0 Å². The second-order valence-corrected chi connectivity index (χ2v) is 5.06. The maximum absolute atomic E-state index is 12.7. The summed E-state index contributed by atoms with van der Waals surface area (Å²) in [6.45, 7) is 0. The summed E-state index contributed by atoms with van der Waals surface area (Å²) in [6, 6.07) is 9.39. The zero-order valence-corrected chi connectivity index (χ0v) is 12.4. The predicted molar refractivity (Wildman–Crippen MR) is 82.2 cm³/mol. The summed E-state index contributed by atoms with van der Waals surface area (Å²) < 4.78 is 38.0. The maximum Gasteiger partial charge on any atom is 0.416 e. The topological polar surface area (TPSA) is 58.4 Å². The molecule has 2 aromatic carbocycles. The normalized spacial score (nSPS) is 11.2. The van der Waals surface area contributed by atoms with Crippen LogP contribution in [0, 0.1) is 10.1 Å². The molecule has 122 valence electrons. The minimum atomic E-state index is -4.63. The second kappa shape index (κ2) is 6.15. The number of benzene rings is 2. The molecule has 0 fully saturated rings. The summed E-state index contributed by atoms with van der Waals surface area (Å²) in [5.41, 5.74) is -0.297. The van der Waals surface area contributed by atoms with Crippen molar-refractivity contribution >= 4 is 22.7 Å². The van der Waals surface area contributed by atoms with Crippen molar-refractivity contribution in [2.45, 2.75) is 6.18 Å². The quantitative estimate of drug-likeness (QED) is 0.667. The van der Waals surface area contributed by atoms with Crippen LogP contribution in [0.4, 0.5) is 35.9 Å². The monoisotopic (exact) mass is 325 g/mol. The summed E-state index contributed by atoms with van der Waals surface area (Å²) in [5.74, 6) is 0. The van der Waals surface area contributed by atoms with Gasteiger partial charge >= 0.3 is 6.18 Å². The maximum atomic E-state index is 12.7. The van der Waals surface area contributed by atoms with Gasteiger partial charge in [0, 0.05) is 31.5 Å². The highest BCUT2D eigenvalue weighted by Gasteiger charge is 2.33. The van der Waals surface area contributed by atoms with E-state index in [9.17, 15) is 23.3 Å². The average Bonchev–Trinajstić information content (AvgIpc) is 2.46. The summed E-state index contributed by atoms with van der Waals surface area (Å²) in [6.07, 6.45) is -4.63. The number of alkyl halides is 3. The molecule has 2 rings (SSSR count). The van der Waals surface area contributed by atoms with Crippen molar-refractivity contribution in [1.82, 2.24) is 0 Å². The van der Waals surface area contributed by atoms with Gasteiger partial charge in [-0.15, -0.1) is 0 Å². The van der Waals surface area contributed by atoms with Crippen LogP contribution in [0.5, 0.6) is 0 Å². The number of hydrogen-bond acceptors (Lipinski definition) is 4. The molecule has 8 heteroatoms. The molecule has 0 saturated carbocycles. The number of nitro groups is 1. The van der Waals surface area contributed by atoms with Gasteiger partial charge in [-0.1, -0.05) is 6.07 Å². The smallest absolute Gasteiger partial charge is 0.378 e. The lowest BCUT2D eigenvalue weighted by atomic mass is 10.1. The van der Waals surface area contributed by atoms with Crippen LogP contribution in [-0.2, 0) is 6.18 Å². The van der Waals surface area contributed by atoms with E-state index in [0.29, 0.717) is 11.8 Å². The van der Waals surface area contributed by atoms with Crippen LogP contribution in [0.2, 0.25) is 0 Å². The predicted octanol–water partition coefficient (Wildman–Crippen LogP) is 4.42. The van der Waals surface area contributed by atoms with E-state index in [0.717, 1.165) is 17.8 Å². The third-order valence-corrected chi connectivity index (χ3v) is 3.16. The first-order valence-corrected chi connectivity index (χ1v) is 6.58. The largest absolute Gasteiger partial charge is 0.416 e. The molecular formula is C15H14F3N3O2. The third kappa shape index (κ3) is 3.91. The lowest BCUT2D eigenvalue weighted by molar-refractivity contribution is -0.384. The van der Waals surface area contributed by atoms with Gasteiger partial charge in [-0.3, -0.25) is 10.1 Å². The van der Waals surface area contributed by atoms with E-state index in [1.807, 2.05) is 25.1 Å². The Balaban J connectivity index is 2.40. The van der Waals surface area contributed by atoms with Crippen molar-refractivity contribution in [3.8, 4) is 0 Å². The molecule has 0 radical (unpaired) electrons. The molecule has 0 unspecified atom stereocenters. The number of nitrogens with zero attached hydrogens (tertiary/aromatic N) is 2. The molecule has 23 heavy (non-hydrogen) atoms. The van der Waals surface area contributed by atoms with Crippen LogP contribution in [0.1, 0.15) is 5.56 Å². The van der Waals surface area contributed by atoms with Crippen LogP contribution in [0.15, 0.2) is 42.5 Å². The molecule has 0 heterocycles. The molecule has 0 aliphatic carbocycles. The first-order valence-electron chi connectivity index (χ1n) is 6.58. The number of halogens is 3. The summed E-state index contributed by atoms with van der Waals surface area (Å²) in [7, 11) is 3.67. The Hall–Kier alpha value is -2.77. The molecule has 0 spiro atoms. The molecule has 5 nitrogen and oxygen atoms in total. The SMILES string of the molecule is CN(C)c1cccc(Nc2ccc(C(F)(F)F)cc2[N+](=O)[O-])c1. The molecule has 1 N–H and O–H groups in total. The Morgan fingerprint density at radius 2 is 1.83 bits per heavy atom. The number of anilines is 3. The highest BCUT2D eigenvalue weighted by atomic mass is 19.4. The molecule has 0 aromatic heterocycles. The third-order valence-electron chi connectivity index (χ3n) is 3.16. The van der Waals surface area contributed by atoms with E-state index in [2.05, 4.69) is 5.32 Å².